The number of halogens is 1. The molecule has 0 aliphatic rings. The molecular weight excluding hydrogens is 293 g/mol. The van der Waals surface area contributed by atoms with Crippen LogP contribution < -0.4 is 0 Å². The normalized spacial score (nSPS) is 12.9. The van der Waals surface area contributed by atoms with Crippen LogP contribution >= 0.6 is 0 Å². The summed E-state index contributed by atoms with van der Waals surface area (Å²) in [6.07, 6.45) is 0. The van der Waals surface area contributed by atoms with Gasteiger partial charge < -0.3 is 5.11 Å². The Labute approximate surface area is 114 Å². The molecule has 0 amide bonds. The van der Waals surface area contributed by atoms with Crippen molar-refractivity contribution in [3.05, 3.63) is 39.7 Å². The largest absolute Gasteiger partial charge is 0.481 e. The quantitative estimate of drug-likeness (QED) is 0.627. The molecule has 0 fully saturated rings. The number of rotatable bonds is 6. The smallest absolute Gasteiger partial charge is 0.307 e. The summed E-state index contributed by atoms with van der Waals surface area (Å²) in [5.41, 5.74) is -0.712. The number of aliphatic carboxylic acids is 1. The molecule has 1 N–H and O–H groups in total. The maximum absolute atomic E-state index is 13.3. The first-order chi connectivity index (χ1) is 9.12. The van der Waals surface area contributed by atoms with Crippen molar-refractivity contribution >= 4 is 21.5 Å². The zero-order chi connectivity index (χ0) is 15.5. The van der Waals surface area contributed by atoms with Crippen LogP contribution in [0, 0.1) is 21.8 Å². The lowest BCUT2D eigenvalue weighted by Gasteiger charge is -2.08. The number of benzene rings is 1. The molecule has 0 saturated heterocycles. The summed E-state index contributed by atoms with van der Waals surface area (Å²) < 4.78 is 36.8. The number of nitro benzene ring substituents is 1. The summed E-state index contributed by atoms with van der Waals surface area (Å²) in [6, 6.07) is 2.77. The van der Waals surface area contributed by atoms with Crippen LogP contribution in [0.1, 0.15) is 12.5 Å². The number of hydrogen-bond acceptors (Lipinski definition) is 5. The number of nitro groups is 1. The summed E-state index contributed by atoms with van der Waals surface area (Å²) >= 11 is 0. The molecule has 0 spiro atoms. The molecule has 0 aliphatic carbocycles. The van der Waals surface area contributed by atoms with Crippen LogP contribution in [-0.4, -0.2) is 30.2 Å². The Morgan fingerprint density at radius 2 is 2.10 bits per heavy atom. The third kappa shape index (κ3) is 4.26. The van der Waals surface area contributed by atoms with Crippen LogP contribution in [0.25, 0.3) is 0 Å². The SMILES string of the molecule is CC(CS(=O)(=O)Cc1ccc([N+](=O)[O-])c(F)c1)C(=O)O. The second kappa shape index (κ2) is 5.95. The summed E-state index contributed by atoms with van der Waals surface area (Å²) in [7, 11) is -3.75. The molecule has 110 valence electrons. The van der Waals surface area contributed by atoms with Crippen molar-refractivity contribution in [2.24, 2.45) is 5.92 Å². The van der Waals surface area contributed by atoms with E-state index >= 15 is 0 Å². The van der Waals surface area contributed by atoms with Crippen molar-refractivity contribution in [3.63, 3.8) is 0 Å². The van der Waals surface area contributed by atoms with Gasteiger partial charge in [0.2, 0.25) is 5.82 Å². The van der Waals surface area contributed by atoms with Crippen LogP contribution in [0.2, 0.25) is 0 Å². The van der Waals surface area contributed by atoms with Crippen LogP contribution in [0.4, 0.5) is 10.1 Å². The minimum atomic E-state index is -3.75. The predicted octanol–water partition coefficient (Wildman–Crippen LogP) is 1.37. The minimum Gasteiger partial charge on any atom is -0.481 e. The predicted molar refractivity (Wildman–Crippen MR) is 67.3 cm³/mol. The van der Waals surface area contributed by atoms with Gasteiger partial charge in [-0.1, -0.05) is 13.0 Å². The molecule has 0 saturated carbocycles. The van der Waals surface area contributed by atoms with Crippen molar-refractivity contribution in [1.82, 2.24) is 0 Å². The highest BCUT2D eigenvalue weighted by Gasteiger charge is 2.22. The van der Waals surface area contributed by atoms with E-state index in [1.165, 1.54) is 6.92 Å². The number of sulfone groups is 1. The zero-order valence-corrected chi connectivity index (χ0v) is 11.3. The first-order valence-corrected chi connectivity index (χ1v) is 7.30. The number of carboxylic acids is 1. The van der Waals surface area contributed by atoms with E-state index in [1.54, 1.807) is 0 Å². The fraction of sp³-hybridized carbons (Fsp3) is 0.364. The van der Waals surface area contributed by atoms with Gasteiger partial charge in [0.1, 0.15) is 0 Å². The lowest BCUT2D eigenvalue weighted by molar-refractivity contribution is -0.387. The maximum atomic E-state index is 13.3. The van der Waals surface area contributed by atoms with Gasteiger partial charge in [-0.3, -0.25) is 14.9 Å². The lowest BCUT2D eigenvalue weighted by atomic mass is 10.2. The highest BCUT2D eigenvalue weighted by molar-refractivity contribution is 7.90. The molecule has 0 aliphatic heterocycles. The molecule has 1 atom stereocenters. The Balaban J connectivity index is 2.91. The fourth-order valence-corrected chi connectivity index (χ4v) is 3.26. The molecule has 0 radical (unpaired) electrons. The fourth-order valence-electron chi connectivity index (χ4n) is 1.55. The van der Waals surface area contributed by atoms with Crippen LogP contribution in [0.3, 0.4) is 0 Å². The van der Waals surface area contributed by atoms with Gasteiger partial charge in [0.25, 0.3) is 0 Å². The second-order valence-electron chi connectivity index (χ2n) is 4.34. The van der Waals surface area contributed by atoms with E-state index in [9.17, 15) is 27.7 Å². The Kier molecular flexibility index (Phi) is 4.77. The Hall–Kier alpha value is -2.03. The first kappa shape index (κ1) is 16.0. The van der Waals surface area contributed by atoms with Crippen LogP contribution in [0.5, 0.6) is 0 Å². The molecule has 1 unspecified atom stereocenters. The average molecular weight is 305 g/mol. The molecule has 0 bridgehead atoms. The third-order valence-corrected chi connectivity index (χ3v) is 4.30. The van der Waals surface area contributed by atoms with Crippen molar-refractivity contribution < 1.29 is 27.6 Å². The van der Waals surface area contributed by atoms with E-state index in [1.807, 2.05) is 0 Å². The molecule has 1 rings (SSSR count). The molecule has 0 aromatic heterocycles. The Bertz CT molecular complexity index is 642. The van der Waals surface area contributed by atoms with Gasteiger partial charge in [-0.05, 0) is 11.6 Å². The van der Waals surface area contributed by atoms with Crippen molar-refractivity contribution in [2.75, 3.05) is 5.75 Å². The number of nitrogens with zero attached hydrogens (tertiary/aromatic N) is 1. The molecule has 1 aromatic carbocycles. The van der Waals surface area contributed by atoms with Crippen molar-refractivity contribution in [2.45, 2.75) is 12.7 Å². The topological polar surface area (TPSA) is 115 Å². The standard InChI is InChI=1S/C11H12FNO6S/c1-7(11(14)15)5-20(18,19)6-8-2-3-10(13(16)17)9(12)4-8/h2-4,7H,5-6H2,1H3,(H,14,15). The van der Waals surface area contributed by atoms with Gasteiger partial charge in [0, 0.05) is 6.07 Å². The highest BCUT2D eigenvalue weighted by atomic mass is 32.2. The molecule has 0 heterocycles. The monoisotopic (exact) mass is 305 g/mol. The average Bonchev–Trinajstić information content (AvgIpc) is 2.26. The van der Waals surface area contributed by atoms with Gasteiger partial charge in [0.15, 0.2) is 9.84 Å². The molecule has 9 heteroatoms. The third-order valence-electron chi connectivity index (χ3n) is 2.52. The molecule has 20 heavy (non-hydrogen) atoms. The van der Waals surface area contributed by atoms with Crippen LogP contribution in [-0.2, 0) is 20.4 Å². The van der Waals surface area contributed by atoms with E-state index in [0.717, 1.165) is 18.2 Å². The van der Waals surface area contributed by atoms with Gasteiger partial charge in [0.05, 0.1) is 22.3 Å². The second-order valence-corrected chi connectivity index (χ2v) is 6.45. The van der Waals surface area contributed by atoms with E-state index in [2.05, 4.69) is 0 Å². The van der Waals surface area contributed by atoms with Gasteiger partial charge >= 0.3 is 11.7 Å². The van der Waals surface area contributed by atoms with Gasteiger partial charge in [-0.2, -0.15) is 4.39 Å². The van der Waals surface area contributed by atoms with E-state index < -0.39 is 49.7 Å². The van der Waals surface area contributed by atoms with Crippen molar-refractivity contribution in [3.8, 4) is 0 Å². The Morgan fingerprint density at radius 1 is 1.50 bits per heavy atom. The Morgan fingerprint density at radius 3 is 2.55 bits per heavy atom. The number of carboxylic acid groups (broad SMARTS) is 1. The first-order valence-electron chi connectivity index (χ1n) is 5.48. The molecule has 7 nitrogen and oxygen atoms in total. The summed E-state index contributed by atoms with van der Waals surface area (Å²) in [5, 5.41) is 19.1. The minimum absolute atomic E-state index is 0.0330. The summed E-state index contributed by atoms with van der Waals surface area (Å²) in [6.45, 7) is 1.25. The van der Waals surface area contributed by atoms with Crippen LogP contribution in [0.15, 0.2) is 18.2 Å². The lowest BCUT2D eigenvalue weighted by Crippen LogP contribution is -2.22. The maximum Gasteiger partial charge on any atom is 0.307 e. The number of carbonyl (C=O) groups is 1. The van der Waals surface area contributed by atoms with Crippen molar-refractivity contribution in [1.29, 1.82) is 0 Å². The van der Waals surface area contributed by atoms with Gasteiger partial charge in [-0.25, -0.2) is 8.42 Å². The summed E-state index contributed by atoms with van der Waals surface area (Å²) in [4.78, 5) is 20.1. The zero-order valence-electron chi connectivity index (χ0n) is 10.4. The van der Waals surface area contributed by atoms with Gasteiger partial charge in [-0.15, -0.1) is 0 Å². The molecular formula is C11H12FNO6S. The summed E-state index contributed by atoms with van der Waals surface area (Å²) in [5.74, 6) is -4.61. The number of hydrogen-bond donors (Lipinski definition) is 1. The van der Waals surface area contributed by atoms with E-state index in [0.29, 0.717) is 0 Å². The highest BCUT2D eigenvalue weighted by Crippen LogP contribution is 2.20. The van der Waals surface area contributed by atoms with E-state index in [-0.39, 0.29) is 5.56 Å². The molecule has 1 aromatic rings. The van der Waals surface area contributed by atoms with E-state index in [4.69, 9.17) is 5.11 Å².